The van der Waals surface area contributed by atoms with Crippen molar-refractivity contribution in [2.45, 2.75) is 33.4 Å². The molecular formula is C16H29IN6O. The minimum Gasteiger partial charge on any atom is -0.444 e. The van der Waals surface area contributed by atoms with Crippen LogP contribution in [0.5, 0.6) is 0 Å². The highest BCUT2D eigenvalue weighted by Gasteiger charge is 2.31. The van der Waals surface area contributed by atoms with Gasteiger partial charge in [0.25, 0.3) is 0 Å². The minimum atomic E-state index is 0. The smallest absolute Gasteiger partial charge is 0.216 e. The Morgan fingerprint density at radius 2 is 2.00 bits per heavy atom. The van der Waals surface area contributed by atoms with E-state index in [1.807, 2.05) is 13.8 Å². The highest BCUT2D eigenvalue weighted by Crippen LogP contribution is 2.14. The van der Waals surface area contributed by atoms with Crippen molar-refractivity contribution in [3.05, 3.63) is 17.3 Å². The topological polar surface area (TPSA) is 68.9 Å². The van der Waals surface area contributed by atoms with Crippen LogP contribution in [-0.2, 0) is 6.54 Å². The lowest BCUT2D eigenvalue weighted by atomic mass is 10.1. The van der Waals surface area contributed by atoms with Gasteiger partial charge >= 0.3 is 0 Å². The Bertz CT molecular complexity index is 533. The molecule has 0 spiro atoms. The molecule has 0 amide bonds. The van der Waals surface area contributed by atoms with E-state index in [2.05, 4.69) is 37.3 Å². The molecule has 2 bridgehead atoms. The summed E-state index contributed by atoms with van der Waals surface area (Å²) in [6.45, 7) is 14.2. The Morgan fingerprint density at radius 1 is 1.25 bits per heavy atom. The fraction of sp³-hybridized carbons (Fsp3) is 0.750. The van der Waals surface area contributed by atoms with Crippen molar-refractivity contribution in [3.8, 4) is 0 Å². The molecule has 1 atom stereocenters. The van der Waals surface area contributed by atoms with Crippen LogP contribution in [0.4, 0.5) is 0 Å². The molecule has 24 heavy (non-hydrogen) atoms. The number of fused-ring (bicyclic) bond motifs is 3. The average molecular weight is 448 g/mol. The van der Waals surface area contributed by atoms with Gasteiger partial charge in [-0.3, -0.25) is 9.80 Å². The number of hydrogen-bond acceptors (Lipinski definition) is 5. The lowest BCUT2D eigenvalue weighted by Crippen LogP contribution is -2.63. The van der Waals surface area contributed by atoms with Crippen LogP contribution >= 0.6 is 24.0 Å². The summed E-state index contributed by atoms with van der Waals surface area (Å²) in [5.41, 5.74) is 0.938. The molecule has 1 unspecified atom stereocenters. The largest absolute Gasteiger partial charge is 0.444 e. The first-order valence-corrected chi connectivity index (χ1v) is 8.57. The molecule has 8 heteroatoms. The van der Waals surface area contributed by atoms with Gasteiger partial charge in [0.1, 0.15) is 12.3 Å². The van der Waals surface area contributed by atoms with Crippen molar-refractivity contribution in [2.75, 3.05) is 45.8 Å². The van der Waals surface area contributed by atoms with Crippen LogP contribution < -0.4 is 10.6 Å². The second-order valence-electron chi connectivity index (χ2n) is 6.32. The van der Waals surface area contributed by atoms with Crippen LogP contribution in [0.15, 0.2) is 9.41 Å². The van der Waals surface area contributed by atoms with Crippen LogP contribution in [0.25, 0.3) is 0 Å². The number of oxazole rings is 1. The molecule has 4 rings (SSSR count). The fourth-order valence-electron chi connectivity index (χ4n) is 3.23. The van der Waals surface area contributed by atoms with E-state index in [1.54, 1.807) is 0 Å². The molecule has 3 saturated heterocycles. The molecule has 3 fully saturated rings. The summed E-state index contributed by atoms with van der Waals surface area (Å²) in [6.07, 6.45) is 0. The number of nitrogens with one attached hydrogen (secondary N) is 2. The first kappa shape index (κ1) is 19.5. The Labute approximate surface area is 161 Å². The second-order valence-corrected chi connectivity index (χ2v) is 6.32. The van der Waals surface area contributed by atoms with E-state index >= 15 is 0 Å². The highest BCUT2D eigenvalue weighted by molar-refractivity contribution is 14.0. The van der Waals surface area contributed by atoms with Crippen molar-refractivity contribution in [1.29, 1.82) is 0 Å². The quantitative estimate of drug-likeness (QED) is 0.398. The maximum atomic E-state index is 5.59. The minimum absolute atomic E-state index is 0. The van der Waals surface area contributed by atoms with Crippen LogP contribution in [0, 0.1) is 13.8 Å². The van der Waals surface area contributed by atoms with Crippen molar-refractivity contribution in [3.63, 3.8) is 0 Å². The van der Waals surface area contributed by atoms with Crippen LogP contribution in [-0.4, -0.2) is 72.6 Å². The number of aliphatic imine (C=N–C) groups is 1. The number of halogens is 1. The summed E-state index contributed by atoms with van der Waals surface area (Å²) in [5, 5.41) is 6.76. The monoisotopic (exact) mass is 448 g/mol. The fourth-order valence-corrected chi connectivity index (χ4v) is 3.23. The van der Waals surface area contributed by atoms with Gasteiger partial charge in [-0.15, -0.1) is 24.0 Å². The number of hydrogen-bond donors (Lipinski definition) is 2. The molecule has 3 aliphatic rings. The van der Waals surface area contributed by atoms with Gasteiger partial charge in [0.15, 0.2) is 5.96 Å². The van der Waals surface area contributed by atoms with E-state index in [0.29, 0.717) is 18.5 Å². The standard InChI is InChI=1S/C16H28N6O.HI/c1-4-17-16(19-10-15-20-12(2)13(3)23-15)18-9-14-11-21-5-7-22(14)8-6-21;/h14H,4-11H2,1-3H3,(H2,17,18,19);1H. The molecule has 1 aromatic heterocycles. The third-order valence-corrected chi connectivity index (χ3v) is 4.69. The first-order chi connectivity index (χ1) is 11.2. The van der Waals surface area contributed by atoms with Crippen LogP contribution in [0.2, 0.25) is 0 Å². The molecule has 1 aromatic rings. The molecule has 136 valence electrons. The maximum Gasteiger partial charge on any atom is 0.216 e. The third kappa shape index (κ3) is 4.82. The summed E-state index contributed by atoms with van der Waals surface area (Å²) >= 11 is 0. The van der Waals surface area contributed by atoms with E-state index in [1.165, 1.54) is 26.2 Å². The van der Waals surface area contributed by atoms with E-state index in [4.69, 9.17) is 4.42 Å². The third-order valence-electron chi connectivity index (χ3n) is 4.69. The molecule has 0 aliphatic carbocycles. The number of nitrogens with zero attached hydrogens (tertiary/aromatic N) is 4. The zero-order valence-corrected chi connectivity index (χ0v) is 17.2. The summed E-state index contributed by atoms with van der Waals surface area (Å²) in [5.74, 6) is 2.37. The van der Waals surface area contributed by atoms with Crippen LogP contribution in [0.3, 0.4) is 0 Å². The van der Waals surface area contributed by atoms with Crippen molar-refractivity contribution in [2.24, 2.45) is 4.99 Å². The Hall–Kier alpha value is -0.870. The lowest BCUT2D eigenvalue weighted by molar-refractivity contribution is 0.0154. The molecule has 0 aromatic carbocycles. The number of guanidine groups is 1. The Balaban J connectivity index is 0.00000208. The van der Waals surface area contributed by atoms with Crippen molar-refractivity contribution < 1.29 is 4.42 Å². The predicted octanol–water partition coefficient (Wildman–Crippen LogP) is 0.964. The molecule has 7 nitrogen and oxygen atoms in total. The van der Waals surface area contributed by atoms with Gasteiger partial charge in [0.05, 0.1) is 5.69 Å². The van der Waals surface area contributed by atoms with Gasteiger partial charge in [-0.1, -0.05) is 0 Å². The van der Waals surface area contributed by atoms with Crippen molar-refractivity contribution in [1.82, 2.24) is 25.4 Å². The zero-order chi connectivity index (χ0) is 16.2. The van der Waals surface area contributed by atoms with Crippen LogP contribution in [0.1, 0.15) is 24.3 Å². The van der Waals surface area contributed by atoms with Gasteiger partial charge in [0.2, 0.25) is 5.89 Å². The number of piperazine rings is 3. The Morgan fingerprint density at radius 3 is 2.54 bits per heavy atom. The van der Waals surface area contributed by atoms with E-state index in [-0.39, 0.29) is 24.0 Å². The van der Waals surface area contributed by atoms with Gasteiger partial charge in [-0.05, 0) is 20.8 Å². The van der Waals surface area contributed by atoms with Gasteiger partial charge in [0, 0.05) is 51.9 Å². The van der Waals surface area contributed by atoms with Gasteiger partial charge < -0.3 is 15.1 Å². The second kappa shape index (κ2) is 9.00. The van der Waals surface area contributed by atoms with Gasteiger partial charge in [-0.25, -0.2) is 9.98 Å². The van der Waals surface area contributed by atoms with E-state index in [0.717, 1.165) is 37.0 Å². The first-order valence-electron chi connectivity index (χ1n) is 8.57. The summed E-state index contributed by atoms with van der Waals surface area (Å²) in [4.78, 5) is 14.1. The molecule has 0 saturated carbocycles. The summed E-state index contributed by atoms with van der Waals surface area (Å²) in [6, 6.07) is 0.576. The van der Waals surface area contributed by atoms with E-state index < -0.39 is 0 Å². The molecule has 4 heterocycles. The summed E-state index contributed by atoms with van der Waals surface area (Å²) < 4.78 is 5.59. The number of rotatable bonds is 5. The Kier molecular flexibility index (Phi) is 7.30. The molecular weight excluding hydrogens is 419 g/mol. The maximum absolute atomic E-state index is 5.59. The number of aryl methyl sites for hydroxylation is 2. The summed E-state index contributed by atoms with van der Waals surface area (Å²) in [7, 11) is 0. The highest BCUT2D eigenvalue weighted by atomic mass is 127. The predicted molar refractivity (Wildman–Crippen MR) is 106 cm³/mol. The molecule has 3 aliphatic heterocycles. The van der Waals surface area contributed by atoms with E-state index in [9.17, 15) is 0 Å². The molecule has 2 N–H and O–H groups in total. The zero-order valence-electron chi connectivity index (χ0n) is 14.8. The number of aromatic nitrogens is 1. The van der Waals surface area contributed by atoms with Crippen molar-refractivity contribution >= 4 is 29.9 Å². The average Bonchev–Trinajstić information content (AvgIpc) is 2.89. The van der Waals surface area contributed by atoms with Gasteiger partial charge in [-0.2, -0.15) is 0 Å². The molecule has 0 radical (unpaired) electrons. The normalized spacial score (nSPS) is 26.1. The lowest BCUT2D eigenvalue weighted by Gasteiger charge is -2.47. The SMILES string of the molecule is CCNC(=NCc1nc(C)c(C)o1)NCC1CN2CCN1CC2.I.